The third kappa shape index (κ3) is 4.89. The summed E-state index contributed by atoms with van der Waals surface area (Å²) < 4.78 is 17.0. The Morgan fingerprint density at radius 1 is 0.744 bits per heavy atom. The Morgan fingerprint density at radius 3 is 1.98 bits per heavy atom. The van der Waals surface area contributed by atoms with Gasteiger partial charge in [0.1, 0.15) is 11.6 Å². The van der Waals surface area contributed by atoms with Gasteiger partial charge < -0.3 is 10.3 Å². The molecule has 2 N–H and O–H groups in total. The number of fused-ring (bicyclic) bond motifs is 1. The lowest BCUT2D eigenvalue weighted by molar-refractivity contribution is -0.114. The van der Waals surface area contributed by atoms with Crippen LogP contribution in [0.2, 0.25) is 0 Å². The summed E-state index contributed by atoms with van der Waals surface area (Å²) in [7, 11) is 0. The van der Waals surface area contributed by atoms with Crippen molar-refractivity contribution in [3.63, 3.8) is 0 Å². The SMILES string of the molecule is CC(=O)Nc1ccc(-n2c(-c3c(-c4ccccc4)[nH]c4ccc(F)cc34)nc(-c3ccccc3)c2-c2ccccc2)cc1. The topological polar surface area (TPSA) is 62.7 Å². The fraction of sp³-hybridized carbons (Fsp3) is 0.0270. The summed E-state index contributed by atoms with van der Waals surface area (Å²) in [5.41, 5.74) is 8.62. The predicted molar refractivity (Wildman–Crippen MR) is 171 cm³/mol. The van der Waals surface area contributed by atoms with Crippen LogP contribution in [0.15, 0.2) is 133 Å². The molecule has 2 heterocycles. The van der Waals surface area contributed by atoms with Gasteiger partial charge in [0.25, 0.3) is 0 Å². The van der Waals surface area contributed by atoms with Crippen molar-refractivity contribution in [2.24, 2.45) is 0 Å². The number of nitrogens with zero attached hydrogens (tertiary/aromatic N) is 2. The van der Waals surface area contributed by atoms with Crippen molar-refractivity contribution in [1.29, 1.82) is 0 Å². The molecule has 1 amide bonds. The minimum atomic E-state index is -0.323. The molecule has 0 spiro atoms. The maximum atomic E-state index is 14.9. The van der Waals surface area contributed by atoms with E-state index < -0.39 is 0 Å². The first-order valence-corrected chi connectivity index (χ1v) is 14.1. The Morgan fingerprint density at radius 2 is 1.35 bits per heavy atom. The minimum Gasteiger partial charge on any atom is -0.354 e. The number of halogens is 1. The predicted octanol–water partition coefficient (Wildman–Crippen LogP) is 9.12. The molecule has 5 aromatic carbocycles. The van der Waals surface area contributed by atoms with Crippen molar-refractivity contribution in [2.45, 2.75) is 6.92 Å². The first-order chi connectivity index (χ1) is 21.1. The van der Waals surface area contributed by atoms with E-state index in [1.165, 1.54) is 13.0 Å². The number of benzene rings is 5. The Kier molecular flexibility index (Phi) is 6.64. The zero-order chi connectivity index (χ0) is 29.3. The number of rotatable bonds is 6. The molecule has 2 aromatic heterocycles. The highest BCUT2D eigenvalue weighted by Crippen LogP contribution is 2.44. The van der Waals surface area contributed by atoms with Gasteiger partial charge in [-0.25, -0.2) is 9.37 Å². The van der Waals surface area contributed by atoms with Crippen LogP contribution in [0.5, 0.6) is 0 Å². The summed E-state index contributed by atoms with van der Waals surface area (Å²) in [6.07, 6.45) is 0. The number of amides is 1. The fourth-order valence-corrected chi connectivity index (χ4v) is 5.61. The molecule has 7 rings (SSSR count). The lowest BCUT2D eigenvalue weighted by Crippen LogP contribution is -2.06. The van der Waals surface area contributed by atoms with Crippen LogP contribution in [0.1, 0.15) is 6.92 Å². The highest BCUT2D eigenvalue weighted by atomic mass is 19.1. The molecule has 6 heteroatoms. The number of anilines is 1. The van der Waals surface area contributed by atoms with E-state index in [1.807, 2.05) is 91.0 Å². The van der Waals surface area contributed by atoms with E-state index in [0.29, 0.717) is 11.5 Å². The van der Waals surface area contributed by atoms with Gasteiger partial charge in [-0.1, -0.05) is 91.0 Å². The number of H-pyrrole nitrogens is 1. The van der Waals surface area contributed by atoms with Gasteiger partial charge in [0, 0.05) is 40.3 Å². The van der Waals surface area contributed by atoms with Crippen LogP contribution >= 0.6 is 0 Å². The molecule has 5 nitrogen and oxygen atoms in total. The third-order valence-corrected chi connectivity index (χ3v) is 7.46. The summed E-state index contributed by atoms with van der Waals surface area (Å²) in [5.74, 6) is 0.207. The van der Waals surface area contributed by atoms with Gasteiger partial charge in [0.2, 0.25) is 5.91 Å². The van der Waals surface area contributed by atoms with Gasteiger partial charge in [0.15, 0.2) is 0 Å². The van der Waals surface area contributed by atoms with Crippen LogP contribution in [-0.2, 0) is 4.79 Å². The van der Waals surface area contributed by atoms with E-state index in [4.69, 9.17) is 4.98 Å². The largest absolute Gasteiger partial charge is 0.354 e. The molecule has 0 saturated carbocycles. The van der Waals surface area contributed by atoms with Crippen molar-refractivity contribution >= 4 is 22.5 Å². The number of hydrogen-bond donors (Lipinski definition) is 2. The molecule has 0 aliphatic heterocycles. The van der Waals surface area contributed by atoms with Crippen LogP contribution in [0, 0.1) is 5.82 Å². The number of aromatic nitrogens is 3. The number of imidazole rings is 1. The number of carbonyl (C=O) groups excluding carboxylic acids is 1. The molecule has 7 aromatic rings. The molecular formula is C37H27FN4O. The molecule has 0 radical (unpaired) electrons. The smallest absolute Gasteiger partial charge is 0.221 e. The molecule has 0 aliphatic rings. The molecule has 43 heavy (non-hydrogen) atoms. The number of carbonyl (C=O) groups is 1. The molecule has 0 bridgehead atoms. The standard InChI is InChI=1S/C37H27FN4O/c1-24(43)39-29-18-20-30(21-19-29)42-36(27-15-9-4-10-16-27)35(26-13-7-3-8-14-26)41-37(42)33-31-23-28(38)17-22-32(31)40-34(33)25-11-5-2-6-12-25/h2-23,40H,1H3,(H,39,43). The zero-order valence-corrected chi connectivity index (χ0v) is 23.4. The van der Waals surface area contributed by atoms with E-state index in [0.717, 1.165) is 55.9 Å². The van der Waals surface area contributed by atoms with Gasteiger partial charge >= 0.3 is 0 Å². The van der Waals surface area contributed by atoms with E-state index in [2.05, 4.69) is 39.1 Å². The third-order valence-electron chi connectivity index (χ3n) is 7.46. The van der Waals surface area contributed by atoms with E-state index in [9.17, 15) is 9.18 Å². The summed E-state index contributed by atoms with van der Waals surface area (Å²) in [5, 5.41) is 3.59. The summed E-state index contributed by atoms with van der Waals surface area (Å²) in [4.78, 5) is 20.7. The normalized spacial score (nSPS) is 11.1. The second-order valence-corrected chi connectivity index (χ2v) is 10.4. The van der Waals surface area contributed by atoms with Crippen LogP contribution in [0.3, 0.4) is 0 Å². The van der Waals surface area contributed by atoms with Crippen LogP contribution in [0.4, 0.5) is 10.1 Å². The van der Waals surface area contributed by atoms with E-state index in [1.54, 1.807) is 12.1 Å². The molecule has 0 aliphatic carbocycles. The second kappa shape index (κ2) is 10.9. The minimum absolute atomic E-state index is 0.138. The first kappa shape index (κ1) is 26.2. The van der Waals surface area contributed by atoms with Gasteiger partial charge in [-0.2, -0.15) is 0 Å². The quantitative estimate of drug-likeness (QED) is 0.212. The Hall–Kier alpha value is -5.75. The van der Waals surface area contributed by atoms with Crippen molar-refractivity contribution in [3.05, 3.63) is 139 Å². The second-order valence-electron chi connectivity index (χ2n) is 10.4. The van der Waals surface area contributed by atoms with Gasteiger partial charge in [0.05, 0.1) is 22.6 Å². The molecule has 0 unspecified atom stereocenters. The average molecular weight is 563 g/mol. The lowest BCUT2D eigenvalue weighted by Gasteiger charge is -2.15. The monoisotopic (exact) mass is 562 g/mol. The zero-order valence-electron chi connectivity index (χ0n) is 23.4. The van der Waals surface area contributed by atoms with Crippen molar-refractivity contribution < 1.29 is 9.18 Å². The fourth-order valence-electron chi connectivity index (χ4n) is 5.61. The van der Waals surface area contributed by atoms with Crippen molar-refractivity contribution in [2.75, 3.05) is 5.32 Å². The van der Waals surface area contributed by atoms with Gasteiger partial charge in [-0.3, -0.25) is 9.36 Å². The van der Waals surface area contributed by atoms with Gasteiger partial charge in [-0.05, 0) is 48.0 Å². The molecule has 208 valence electrons. The maximum Gasteiger partial charge on any atom is 0.221 e. The summed E-state index contributed by atoms with van der Waals surface area (Å²) in [6.45, 7) is 1.49. The van der Waals surface area contributed by atoms with Gasteiger partial charge in [-0.15, -0.1) is 0 Å². The molecule has 0 fully saturated rings. The van der Waals surface area contributed by atoms with Crippen molar-refractivity contribution in [1.82, 2.24) is 14.5 Å². The Bertz CT molecular complexity index is 2060. The number of nitrogens with one attached hydrogen (secondary N) is 2. The molecule has 0 atom stereocenters. The highest BCUT2D eigenvalue weighted by molar-refractivity contribution is 6.04. The Balaban J connectivity index is 1.61. The lowest BCUT2D eigenvalue weighted by atomic mass is 10.0. The Labute approximate surface area is 248 Å². The van der Waals surface area contributed by atoms with Crippen LogP contribution in [-0.4, -0.2) is 20.4 Å². The average Bonchev–Trinajstić information content (AvgIpc) is 3.61. The van der Waals surface area contributed by atoms with Crippen molar-refractivity contribution in [3.8, 4) is 50.8 Å². The highest BCUT2D eigenvalue weighted by Gasteiger charge is 2.27. The van der Waals surface area contributed by atoms with Crippen LogP contribution in [0.25, 0.3) is 61.8 Å². The molecule has 0 saturated heterocycles. The van der Waals surface area contributed by atoms with E-state index >= 15 is 0 Å². The first-order valence-electron chi connectivity index (χ1n) is 14.1. The van der Waals surface area contributed by atoms with E-state index in [-0.39, 0.29) is 11.7 Å². The summed E-state index contributed by atoms with van der Waals surface area (Å²) >= 11 is 0. The van der Waals surface area contributed by atoms with Crippen LogP contribution < -0.4 is 5.32 Å². The number of aromatic amines is 1. The number of hydrogen-bond acceptors (Lipinski definition) is 2. The summed E-state index contributed by atoms with van der Waals surface area (Å²) in [6, 6.07) is 42.8. The molecular weight excluding hydrogens is 535 g/mol. The maximum absolute atomic E-state index is 14.9.